The molecule has 88 heavy (non-hydrogen) atoms. The fourth-order valence-electron chi connectivity index (χ4n) is 9.57. The molecule has 0 radical (unpaired) electrons. The number of hydrogen-bond donors (Lipinski definition) is 6. The zero-order chi connectivity index (χ0) is 67.8. The van der Waals surface area contributed by atoms with Crippen LogP contribution in [-0.4, -0.2) is 221 Å². The summed E-state index contributed by atoms with van der Waals surface area (Å²) in [6, 6.07) is 1.17. The molecule has 0 bridgehead atoms. The van der Waals surface area contributed by atoms with Gasteiger partial charge in [-0.1, -0.05) is 27.7 Å². The summed E-state index contributed by atoms with van der Waals surface area (Å²) in [5.41, 5.74) is 5.76. The average molecular weight is 1240 g/mol. The number of hydrogen-bond acceptors (Lipinski definition) is 18. The number of likely N-dealkylation sites (N-methyl/N-ethyl adjacent to an activating group) is 1. The van der Waals surface area contributed by atoms with E-state index in [0.29, 0.717) is 12.1 Å². The quantitative estimate of drug-likeness (QED) is 0.0251. The molecular formula is C70H136N12O6. The molecule has 0 spiro atoms. The molecule has 0 saturated carbocycles. The first-order valence-electron chi connectivity index (χ1n) is 33.3. The number of nitrogens with one attached hydrogen (secondary N) is 6. The number of nitrogens with zero attached hydrogens (tertiary/aromatic N) is 6. The van der Waals surface area contributed by atoms with Crippen molar-refractivity contribution in [3.8, 4) is 0 Å². The third-order valence-electron chi connectivity index (χ3n) is 14.0. The summed E-state index contributed by atoms with van der Waals surface area (Å²) >= 11 is 0. The summed E-state index contributed by atoms with van der Waals surface area (Å²) in [4.78, 5) is 78.9. The summed E-state index contributed by atoms with van der Waals surface area (Å²) in [6.45, 7) is 60.1. The zero-order valence-corrected chi connectivity index (χ0v) is 60.6. The molecule has 18 nitrogen and oxygen atoms in total. The topological polar surface area (TPSA) is 194 Å². The normalized spacial score (nSPS) is 14.2. The predicted octanol–water partition coefficient (Wildman–Crippen LogP) is 9.53. The molecular weight excluding hydrogens is 1100 g/mol. The van der Waals surface area contributed by atoms with Crippen molar-refractivity contribution >= 4 is 34.7 Å². The first-order chi connectivity index (χ1) is 41.4. The Morgan fingerprint density at radius 1 is 0.352 bits per heavy atom. The van der Waals surface area contributed by atoms with Crippen molar-refractivity contribution in [2.24, 2.45) is 0 Å². The molecule has 0 unspecified atom stereocenters. The highest BCUT2D eigenvalue weighted by atomic mass is 16.1. The Labute approximate surface area is 540 Å². The Morgan fingerprint density at radius 2 is 0.614 bits per heavy atom. The second kappa shape index (κ2) is 59.6. The highest BCUT2D eigenvalue weighted by Crippen LogP contribution is 2.08. The highest BCUT2D eigenvalue weighted by molar-refractivity contribution is 5.89. The van der Waals surface area contributed by atoms with E-state index < -0.39 is 0 Å². The fourth-order valence-corrected chi connectivity index (χ4v) is 9.57. The van der Waals surface area contributed by atoms with Crippen molar-refractivity contribution in [1.29, 1.82) is 0 Å². The minimum atomic E-state index is 0.0950. The Morgan fingerprint density at radius 3 is 0.909 bits per heavy atom. The van der Waals surface area contributed by atoms with Gasteiger partial charge in [0, 0.05) is 105 Å². The maximum atomic E-state index is 10.8. The molecule has 0 aromatic heterocycles. The minimum Gasteiger partial charge on any atom is -0.388 e. The highest BCUT2D eigenvalue weighted by Gasteiger charge is 2.13. The molecule has 2 fully saturated rings. The third-order valence-corrected chi connectivity index (χ3v) is 14.0. The maximum Gasteiger partial charge on any atom is 0.154 e. The second-order valence-electron chi connectivity index (χ2n) is 24.0. The summed E-state index contributed by atoms with van der Waals surface area (Å²) in [7, 11) is 4.11. The van der Waals surface area contributed by atoms with Crippen LogP contribution in [0.5, 0.6) is 0 Å². The van der Waals surface area contributed by atoms with Crippen molar-refractivity contribution in [3.63, 3.8) is 0 Å². The van der Waals surface area contributed by atoms with Crippen LogP contribution in [0.4, 0.5) is 0 Å². The molecule has 6 N–H and O–H groups in total. The van der Waals surface area contributed by atoms with E-state index in [1.54, 1.807) is 78.0 Å². The van der Waals surface area contributed by atoms with Crippen LogP contribution in [0.2, 0.25) is 0 Å². The molecule has 0 amide bonds. The SMILES string of the molecule is CC(=O)/C=C(/C)NCCCN(C(C)C)C(C)C.CC(=O)/C=C(/C)NCCCN(C)C.CC(=O)/C=C(/C)NCCCN1CCCC1.CC(=O)/C=C(/C)NCCN1CCCC1.CCN(CC)CCCN/C(C)=C\C(C)=O.CCN(CC)CCN/C(C)=C\C(C)=O. The van der Waals surface area contributed by atoms with E-state index in [2.05, 4.69) is 131 Å². The third kappa shape index (κ3) is 65.5. The van der Waals surface area contributed by atoms with Crippen molar-refractivity contribution in [3.05, 3.63) is 70.6 Å². The van der Waals surface area contributed by atoms with Crippen LogP contribution in [0.3, 0.4) is 0 Å². The summed E-state index contributed by atoms with van der Waals surface area (Å²) in [5.74, 6) is 0.607. The van der Waals surface area contributed by atoms with Crippen LogP contribution < -0.4 is 31.9 Å². The molecule has 2 saturated heterocycles. The van der Waals surface area contributed by atoms with Gasteiger partial charge in [0.1, 0.15) is 0 Å². The molecule has 0 aromatic rings. The van der Waals surface area contributed by atoms with E-state index in [4.69, 9.17) is 0 Å². The lowest BCUT2D eigenvalue weighted by Crippen LogP contribution is -2.38. The van der Waals surface area contributed by atoms with E-state index in [9.17, 15) is 28.8 Å². The predicted molar refractivity (Wildman–Crippen MR) is 376 cm³/mol. The van der Waals surface area contributed by atoms with Crippen LogP contribution in [0.1, 0.15) is 190 Å². The average Bonchev–Trinajstić information content (AvgIpc) is 4.23. The maximum absolute atomic E-state index is 10.8. The summed E-state index contributed by atoms with van der Waals surface area (Å²) < 4.78 is 0. The van der Waals surface area contributed by atoms with E-state index >= 15 is 0 Å². The molecule has 0 aromatic carbocycles. The Hall–Kier alpha value is -4.98. The van der Waals surface area contributed by atoms with Gasteiger partial charge in [0.2, 0.25) is 0 Å². The summed E-state index contributed by atoms with van der Waals surface area (Å²) in [5, 5.41) is 19.4. The molecule has 0 atom stereocenters. The van der Waals surface area contributed by atoms with Crippen molar-refractivity contribution in [2.75, 3.05) is 145 Å². The van der Waals surface area contributed by atoms with E-state index in [0.717, 1.165) is 158 Å². The zero-order valence-electron chi connectivity index (χ0n) is 60.6. The molecule has 2 aliphatic heterocycles. The lowest BCUT2D eigenvalue weighted by molar-refractivity contribution is -0.113. The number of likely N-dealkylation sites (tertiary alicyclic amines) is 2. The first-order valence-corrected chi connectivity index (χ1v) is 33.3. The largest absolute Gasteiger partial charge is 0.388 e. The van der Waals surface area contributed by atoms with Gasteiger partial charge in [-0.25, -0.2) is 0 Å². The van der Waals surface area contributed by atoms with Gasteiger partial charge in [0.05, 0.1) is 0 Å². The molecule has 2 aliphatic rings. The number of ketones is 6. The van der Waals surface area contributed by atoms with Gasteiger partial charge in [-0.2, -0.15) is 0 Å². The number of allylic oxidation sites excluding steroid dienone is 12. The van der Waals surface area contributed by atoms with Gasteiger partial charge < -0.3 is 56.4 Å². The standard InChI is InChI=1S/C14H28N2O.C12H22N2O.C12H24N2O.C11H20N2O.C11H22N2O.C10H20N2O/c1-11(2)16(12(3)4)9-7-8-15-13(5)10-14(6)17;1-11(10-12(2)15)13-6-5-9-14-7-3-4-8-14;1-5-14(6-2)9-7-8-13-11(3)10-12(4)15;1-10(9-11(2)14)12-5-8-13-6-3-4-7-13;1-5-13(6-2)8-7-12-10(3)9-11(4)14;1-9(8-10(2)13)11-6-5-7-12(3)4/h10-12,15H,7-9H2,1-6H3;10,13H,3-9H2,1-2H3;10,13H,5-9H2,1-4H3;9,12H,3-8H2,1-2H3;9,12H,5-8H2,1-4H3;8,11H,5-7H2,1-4H3/b13-10-;2*11-10-;2*10-9-;9-8-. The first kappa shape index (κ1) is 89.4. The second-order valence-corrected chi connectivity index (χ2v) is 24.0. The molecule has 2 heterocycles. The minimum absolute atomic E-state index is 0.0950. The Bertz CT molecular complexity index is 1950. The van der Waals surface area contributed by atoms with Gasteiger partial charge in [-0.05, 0) is 285 Å². The van der Waals surface area contributed by atoms with Crippen molar-refractivity contribution in [2.45, 2.75) is 202 Å². The molecule has 0 aliphatic carbocycles. The molecule has 2 rings (SSSR count). The van der Waals surface area contributed by atoms with Gasteiger partial charge in [-0.3, -0.25) is 33.7 Å². The fraction of sp³-hybridized carbons (Fsp3) is 0.743. The Kier molecular flexibility index (Phi) is 60.6. The summed E-state index contributed by atoms with van der Waals surface area (Å²) in [6.07, 6.45) is 19.7. The van der Waals surface area contributed by atoms with E-state index in [1.807, 2.05) is 41.5 Å². The van der Waals surface area contributed by atoms with Gasteiger partial charge in [0.25, 0.3) is 0 Å². The van der Waals surface area contributed by atoms with Crippen molar-refractivity contribution < 1.29 is 28.8 Å². The van der Waals surface area contributed by atoms with Gasteiger partial charge in [0.15, 0.2) is 34.7 Å². The molecule has 512 valence electrons. The van der Waals surface area contributed by atoms with Crippen LogP contribution in [0.15, 0.2) is 70.6 Å². The number of rotatable bonds is 40. The lowest BCUT2D eigenvalue weighted by Gasteiger charge is -2.30. The number of carbonyl (C=O) groups is 6. The monoisotopic (exact) mass is 1240 g/mol. The van der Waals surface area contributed by atoms with E-state index in [1.165, 1.54) is 58.4 Å². The van der Waals surface area contributed by atoms with Gasteiger partial charge >= 0.3 is 0 Å². The van der Waals surface area contributed by atoms with Crippen molar-refractivity contribution in [1.82, 2.24) is 61.3 Å². The smallest absolute Gasteiger partial charge is 0.154 e. The lowest BCUT2D eigenvalue weighted by atomic mass is 10.2. The Balaban J connectivity index is -0.000000482. The van der Waals surface area contributed by atoms with E-state index in [-0.39, 0.29) is 34.7 Å². The van der Waals surface area contributed by atoms with Gasteiger partial charge in [-0.15, -0.1) is 0 Å². The van der Waals surface area contributed by atoms with Crippen LogP contribution >= 0.6 is 0 Å². The van der Waals surface area contributed by atoms with Crippen LogP contribution in [0, 0.1) is 0 Å². The number of carbonyl (C=O) groups excluding carboxylic acids is 6. The van der Waals surface area contributed by atoms with Crippen LogP contribution in [-0.2, 0) is 28.8 Å². The van der Waals surface area contributed by atoms with Crippen LogP contribution in [0.25, 0.3) is 0 Å². The molecule has 18 heteroatoms.